The fourth-order valence-corrected chi connectivity index (χ4v) is 2.29. The van der Waals surface area contributed by atoms with E-state index in [0.29, 0.717) is 0 Å². The third kappa shape index (κ3) is 2.24. The van der Waals surface area contributed by atoms with Gasteiger partial charge in [0, 0.05) is 10.9 Å². The summed E-state index contributed by atoms with van der Waals surface area (Å²) in [5.41, 5.74) is 7.17. The van der Waals surface area contributed by atoms with Gasteiger partial charge in [0.15, 0.2) is 0 Å². The molecular weight excluding hydrogens is 230 g/mol. The Bertz CT molecular complexity index is 757. The lowest BCUT2D eigenvalue weighted by atomic mass is 10.0. The van der Waals surface area contributed by atoms with Crippen molar-refractivity contribution in [3.8, 4) is 11.3 Å². The van der Waals surface area contributed by atoms with E-state index in [1.54, 1.807) is 0 Å². The Morgan fingerprint density at radius 2 is 1.53 bits per heavy atom. The highest BCUT2D eigenvalue weighted by atomic mass is 14.7. The average molecular weight is 247 g/mol. The predicted molar refractivity (Wildman–Crippen MR) is 81.4 cm³/mol. The summed E-state index contributed by atoms with van der Waals surface area (Å²) < 4.78 is 0. The molecule has 19 heavy (non-hydrogen) atoms. The molecule has 0 radical (unpaired) electrons. The lowest BCUT2D eigenvalue weighted by Gasteiger charge is -2.06. The highest BCUT2D eigenvalue weighted by Gasteiger charge is 2.03. The van der Waals surface area contributed by atoms with Gasteiger partial charge in [0.1, 0.15) is 0 Å². The lowest BCUT2D eigenvalue weighted by molar-refractivity contribution is 1.32. The van der Waals surface area contributed by atoms with E-state index in [2.05, 4.69) is 69.3 Å². The molecule has 94 valence electrons. The Morgan fingerprint density at radius 1 is 0.737 bits per heavy atom. The predicted octanol–water partition coefficient (Wildman–Crippen LogP) is 4.83. The topological polar surface area (TPSA) is 12.9 Å². The summed E-state index contributed by atoms with van der Waals surface area (Å²) in [6.45, 7) is 6.38. The Hall–Kier alpha value is -2.15. The van der Waals surface area contributed by atoms with E-state index in [4.69, 9.17) is 4.98 Å². The molecule has 1 aromatic heterocycles. The summed E-state index contributed by atoms with van der Waals surface area (Å²) in [7, 11) is 0. The zero-order chi connectivity index (χ0) is 13.4. The van der Waals surface area contributed by atoms with Crippen molar-refractivity contribution in [1.82, 2.24) is 4.98 Å². The van der Waals surface area contributed by atoms with Gasteiger partial charge >= 0.3 is 0 Å². The fourth-order valence-electron chi connectivity index (χ4n) is 2.29. The van der Waals surface area contributed by atoms with Gasteiger partial charge in [-0.15, -0.1) is 0 Å². The molecule has 0 saturated carbocycles. The van der Waals surface area contributed by atoms with Crippen LogP contribution in [0.15, 0.2) is 48.5 Å². The average Bonchev–Trinajstić information content (AvgIpc) is 2.41. The number of nitrogens with zero attached hydrogens (tertiary/aromatic N) is 1. The van der Waals surface area contributed by atoms with Crippen molar-refractivity contribution < 1.29 is 0 Å². The summed E-state index contributed by atoms with van der Waals surface area (Å²) >= 11 is 0. The van der Waals surface area contributed by atoms with E-state index in [9.17, 15) is 0 Å². The Balaban J connectivity index is 2.16. The smallest absolute Gasteiger partial charge is 0.0712 e. The van der Waals surface area contributed by atoms with Gasteiger partial charge < -0.3 is 0 Å². The first-order chi connectivity index (χ1) is 9.13. The van der Waals surface area contributed by atoms with Crippen LogP contribution in [0.25, 0.3) is 22.2 Å². The van der Waals surface area contributed by atoms with Crippen molar-refractivity contribution in [2.75, 3.05) is 0 Å². The molecular formula is C18H17N. The minimum atomic E-state index is 1.04. The lowest BCUT2D eigenvalue weighted by Crippen LogP contribution is -1.88. The molecule has 3 aromatic rings. The van der Waals surface area contributed by atoms with Gasteiger partial charge in [-0.05, 0) is 55.7 Å². The number of benzene rings is 2. The summed E-state index contributed by atoms with van der Waals surface area (Å²) in [6.07, 6.45) is 0. The Morgan fingerprint density at radius 3 is 2.32 bits per heavy atom. The number of aromatic nitrogens is 1. The first kappa shape index (κ1) is 11.9. The number of pyridine rings is 1. The maximum absolute atomic E-state index is 4.78. The normalized spacial score (nSPS) is 10.9. The van der Waals surface area contributed by atoms with Gasteiger partial charge in [-0.1, -0.05) is 30.3 Å². The number of hydrogen-bond donors (Lipinski definition) is 0. The molecule has 0 atom stereocenters. The molecule has 0 saturated heterocycles. The van der Waals surface area contributed by atoms with Gasteiger partial charge in [-0.3, -0.25) is 0 Å². The van der Waals surface area contributed by atoms with E-state index in [1.807, 2.05) is 0 Å². The molecule has 0 bridgehead atoms. The molecule has 0 N–H and O–H groups in total. The molecule has 1 heteroatoms. The van der Waals surface area contributed by atoms with Crippen LogP contribution < -0.4 is 0 Å². The maximum Gasteiger partial charge on any atom is 0.0712 e. The van der Waals surface area contributed by atoms with Gasteiger partial charge in [-0.2, -0.15) is 0 Å². The minimum Gasteiger partial charge on any atom is -0.248 e. The zero-order valence-electron chi connectivity index (χ0n) is 11.6. The van der Waals surface area contributed by atoms with Gasteiger partial charge in [-0.25, -0.2) is 4.98 Å². The molecule has 0 aliphatic carbocycles. The van der Waals surface area contributed by atoms with Gasteiger partial charge in [0.2, 0.25) is 0 Å². The molecule has 0 amide bonds. The molecule has 1 heterocycles. The van der Waals surface area contributed by atoms with Gasteiger partial charge in [0.25, 0.3) is 0 Å². The number of fused-ring (bicyclic) bond motifs is 1. The second-order valence-corrected chi connectivity index (χ2v) is 5.19. The van der Waals surface area contributed by atoms with Crippen molar-refractivity contribution >= 4 is 10.9 Å². The molecule has 3 rings (SSSR count). The largest absolute Gasteiger partial charge is 0.248 e. The molecule has 0 aliphatic rings. The number of hydrogen-bond acceptors (Lipinski definition) is 1. The standard InChI is InChI=1S/C18H17N/c1-12-4-6-15-8-9-17(19-18(15)10-12)16-7-5-13(2)14(3)11-16/h4-11H,1-3H3. The van der Waals surface area contributed by atoms with E-state index in [1.165, 1.54) is 27.6 Å². The van der Waals surface area contributed by atoms with Crippen molar-refractivity contribution in [1.29, 1.82) is 0 Å². The van der Waals surface area contributed by atoms with Crippen LogP contribution in [0, 0.1) is 20.8 Å². The molecule has 0 fully saturated rings. The third-order valence-electron chi connectivity index (χ3n) is 3.65. The summed E-state index contributed by atoms with van der Waals surface area (Å²) in [5, 5.41) is 1.19. The molecule has 0 aliphatic heterocycles. The number of aryl methyl sites for hydroxylation is 3. The van der Waals surface area contributed by atoms with Crippen LogP contribution in [-0.2, 0) is 0 Å². The van der Waals surface area contributed by atoms with Crippen molar-refractivity contribution in [3.05, 3.63) is 65.2 Å². The van der Waals surface area contributed by atoms with Crippen molar-refractivity contribution in [2.24, 2.45) is 0 Å². The molecule has 0 spiro atoms. The maximum atomic E-state index is 4.78. The molecule has 0 unspecified atom stereocenters. The van der Waals surface area contributed by atoms with Crippen LogP contribution in [0.3, 0.4) is 0 Å². The fraction of sp³-hybridized carbons (Fsp3) is 0.167. The highest BCUT2D eigenvalue weighted by molar-refractivity contribution is 5.82. The van der Waals surface area contributed by atoms with E-state index in [0.717, 1.165) is 11.2 Å². The number of rotatable bonds is 1. The van der Waals surface area contributed by atoms with Crippen LogP contribution in [0.2, 0.25) is 0 Å². The van der Waals surface area contributed by atoms with Gasteiger partial charge in [0.05, 0.1) is 11.2 Å². The summed E-state index contributed by atoms with van der Waals surface area (Å²) in [4.78, 5) is 4.78. The third-order valence-corrected chi connectivity index (χ3v) is 3.65. The SMILES string of the molecule is Cc1ccc2ccc(-c3ccc(C)c(C)c3)nc2c1. The second-order valence-electron chi connectivity index (χ2n) is 5.19. The monoisotopic (exact) mass is 247 g/mol. The van der Waals surface area contributed by atoms with Crippen molar-refractivity contribution in [3.63, 3.8) is 0 Å². The van der Waals surface area contributed by atoms with Crippen molar-refractivity contribution in [2.45, 2.75) is 20.8 Å². The second kappa shape index (κ2) is 4.51. The Kier molecular flexibility index (Phi) is 2.83. The summed E-state index contributed by atoms with van der Waals surface area (Å²) in [6, 6.07) is 17.1. The van der Waals surface area contributed by atoms with E-state index in [-0.39, 0.29) is 0 Å². The van der Waals surface area contributed by atoms with Crippen LogP contribution in [-0.4, -0.2) is 4.98 Å². The molecule has 1 nitrogen and oxygen atoms in total. The highest BCUT2D eigenvalue weighted by Crippen LogP contribution is 2.23. The first-order valence-electron chi connectivity index (χ1n) is 6.58. The van der Waals surface area contributed by atoms with Crippen LogP contribution in [0.5, 0.6) is 0 Å². The van der Waals surface area contributed by atoms with E-state index < -0.39 is 0 Å². The van der Waals surface area contributed by atoms with Crippen LogP contribution in [0.4, 0.5) is 0 Å². The molecule has 2 aromatic carbocycles. The zero-order valence-corrected chi connectivity index (χ0v) is 11.6. The van der Waals surface area contributed by atoms with Crippen LogP contribution >= 0.6 is 0 Å². The quantitative estimate of drug-likeness (QED) is 0.600. The first-order valence-corrected chi connectivity index (χ1v) is 6.58. The van der Waals surface area contributed by atoms with Crippen LogP contribution in [0.1, 0.15) is 16.7 Å². The van der Waals surface area contributed by atoms with E-state index >= 15 is 0 Å². The minimum absolute atomic E-state index is 1.04. The summed E-state index contributed by atoms with van der Waals surface area (Å²) in [5.74, 6) is 0. The Labute approximate surface area is 113 Å².